The van der Waals surface area contributed by atoms with E-state index >= 15 is 0 Å². The maximum absolute atomic E-state index is 4.71. The lowest BCUT2D eigenvalue weighted by atomic mass is 9.66. The highest BCUT2D eigenvalue weighted by Gasteiger charge is 2.35. The molecule has 1 saturated carbocycles. The van der Waals surface area contributed by atoms with Crippen molar-refractivity contribution in [1.29, 1.82) is 0 Å². The minimum atomic E-state index is 0. The zero-order valence-electron chi connectivity index (χ0n) is 11.5. The van der Waals surface area contributed by atoms with Gasteiger partial charge in [-0.05, 0) is 38.5 Å². The van der Waals surface area contributed by atoms with Crippen molar-refractivity contribution in [2.75, 3.05) is 19.6 Å². The molecule has 0 aromatic rings. The number of nitrogens with zero attached hydrogens (tertiary/aromatic N) is 1. The summed E-state index contributed by atoms with van der Waals surface area (Å²) in [4.78, 5) is 4.71. The molecular weight excluding hydrogens is 325 g/mol. The molecule has 0 atom stereocenters. The van der Waals surface area contributed by atoms with Gasteiger partial charge < -0.3 is 10.6 Å². The van der Waals surface area contributed by atoms with Gasteiger partial charge in [0.2, 0.25) is 0 Å². The Morgan fingerprint density at radius 1 is 1.12 bits per heavy atom. The van der Waals surface area contributed by atoms with Gasteiger partial charge in [-0.15, -0.1) is 24.0 Å². The average molecular weight is 353 g/mol. The highest BCUT2D eigenvalue weighted by atomic mass is 127. The van der Waals surface area contributed by atoms with Gasteiger partial charge in [0.1, 0.15) is 0 Å². The number of hydrogen-bond acceptors (Lipinski definition) is 1. The maximum atomic E-state index is 4.71. The normalized spacial score (nSPS) is 16.4. The summed E-state index contributed by atoms with van der Waals surface area (Å²) in [6.45, 7) is 9.37. The van der Waals surface area contributed by atoms with Crippen molar-refractivity contribution in [3.8, 4) is 0 Å². The topological polar surface area (TPSA) is 36.4 Å². The van der Waals surface area contributed by atoms with E-state index in [-0.39, 0.29) is 24.0 Å². The van der Waals surface area contributed by atoms with Crippen LogP contribution in [0.1, 0.15) is 52.9 Å². The monoisotopic (exact) mass is 353 g/mol. The number of nitrogens with one attached hydrogen (secondary N) is 2. The third-order valence-corrected chi connectivity index (χ3v) is 3.46. The lowest BCUT2D eigenvalue weighted by Crippen LogP contribution is -2.39. The van der Waals surface area contributed by atoms with Gasteiger partial charge in [0.05, 0.1) is 0 Å². The highest BCUT2D eigenvalue weighted by Crippen LogP contribution is 2.44. The van der Waals surface area contributed by atoms with Gasteiger partial charge in [-0.2, -0.15) is 0 Å². The molecule has 1 fully saturated rings. The summed E-state index contributed by atoms with van der Waals surface area (Å²) in [7, 11) is 0. The first-order valence-electron chi connectivity index (χ1n) is 6.78. The second-order valence-electron chi connectivity index (χ2n) is 4.83. The van der Waals surface area contributed by atoms with Crippen LogP contribution < -0.4 is 10.6 Å². The quantitative estimate of drug-likeness (QED) is 0.437. The Hall–Kier alpha value is 0. The van der Waals surface area contributed by atoms with Crippen LogP contribution in [0.25, 0.3) is 0 Å². The second kappa shape index (κ2) is 9.00. The zero-order valence-corrected chi connectivity index (χ0v) is 13.8. The van der Waals surface area contributed by atoms with Gasteiger partial charge >= 0.3 is 0 Å². The van der Waals surface area contributed by atoms with Crippen LogP contribution in [0, 0.1) is 5.41 Å². The number of halogens is 1. The summed E-state index contributed by atoms with van der Waals surface area (Å²) in [5.41, 5.74) is 0.533. The molecule has 1 aliphatic carbocycles. The first-order valence-corrected chi connectivity index (χ1v) is 6.78. The summed E-state index contributed by atoms with van der Waals surface area (Å²) >= 11 is 0. The summed E-state index contributed by atoms with van der Waals surface area (Å²) in [6.07, 6.45) is 6.76. The molecule has 0 heterocycles. The number of aliphatic imine (C=N–C) groups is 1. The molecule has 0 unspecified atom stereocenters. The number of rotatable bonds is 6. The minimum Gasteiger partial charge on any atom is -0.357 e. The fourth-order valence-electron chi connectivity index (χ4n) is 2.45. The van der Waals surface area contributed by atoms with Crippen LogP contribution in [0.2, 0.25) is 0 Å². The largest absolute Gasteiger partial charge is 0.357 e. The zero-order chi connectivity index (χ0) is 11.9. The lowest BCUT2D eigenvalue weighted by molar-refractivity contribution is 0.130. The van der Waals surface area contributed by atoms with Crippen molar-refractivity contribution in [2.24, 2.45) is 10.4 Å². The van der Waals surface area contributed by atoms with E-state index in [0.29, 0.717) is 5.41 Å². The predicted molar refractivity (Wildman–Crippen MR) is 86.3 cm³/mol. The third kappa shape index (κ3) is 5.44. The summed E-state index contributed by atoms with van der Waals surface area (Å²) in [5.74, 6) is 0.979. The van der Waals surface area contributed by atoms with Gasteiger partial charge in [-0.25, -0.2) is 0 Å². The molecule has 0 amide bonds. The Balaban J connectivity index is 0.00000256. The molecule has 0 aromatic carbocycles. The minimum absolute atomic E-state index is 0. The summed E-state index contributed by atoms with van der Waals surface area (Å²) < 4.78 is 0. The van der Waals surface area contributed by atoms with E-state index in [4.69, 9.17) is 4.99 Å². The third-order valence-electron chi connectivity index (χ3n) is 3.46. The first-order chi connectivity index (χ1) is 7.76. The van der Waals surface area contributed by atoms with Crippen LogP contribution in [0.5, 0.6) is 0 Å². The Kier molecular flexibility index (Phi) is 9.00. The molecule has 0 radical (unpaired) electrons. The lowest BCUT2D eigenvalue weighted by Gasteiger charge is -2.40. The van der Waals surface area contributed by atoms with Crippen molar-refractivity contribution in [3.05, 3.63) is 0 Å². The standard InChI is InChI=1S/C13H27N3.HI/c1-4-8-13(9-7-10-13)11-16-12(14-5-2)15-6-3;/h4-11H2,1-3H3,(H2,14,15,16);1H. The van der Waals surface area contributed by atoms with E-state index in [1.807, 2.05) is 0 Å². The van der Waals surface area contributed by atoms with Gasteiger partial charge in [-0.3, -0.25) is 4.99 Å². The molecule has 1 rings (SSSR count). The summed E-state index contributed by atoms with van der Waals surface area (Å²) in [5, 5.41) is 6.57. The molecule has 1 aliphatic rings. The smallest absolute Gasteiger partial charge is 0.191 e. The van der Waals surface area contributed by atoms with Crippen molar-refractivity contribution in [1.82, 2.24) is 10.6 Å². The van der Waals surface area contributed by atoms with E-state index in [9.17, 15) is 0 Å². The van der Waals surface area contributed by atoms with Crippen molar-refractivity contribution >= 4 is 29.9 Å². The molecule has 0 aliphatic heterocycles. The van der Waals surface area contributed by atoms with E-state index in [1.54, 1.807) is 0 Å². The van der Waals surface area contributed by atoms with Crippen molar-refractivity contribution in [3.63, 3.8) is 0 Å². The van der Waals surface area contributed by atoms with Gasteiger partial charge in [0, 0.05) is 19.6 Å². The Morgan fingerprint density at radius 3 is 2.06 bits per heavy atom. The van der Waals surface area contributed by atoms with E-state index < -0.39 is 0 Å². The fourth-order valence-corrected chi connectivity index (χ4v) is 2.45. The molecule has 0 spiro atoms. The first kappa shape index (κ1) is 17.0. The van der Waals surface area contributed by atoms with Crippen molar-refractivity contribution in [2.45, 2.75) is 52.9 Å². The van der Waals surface area contributed by atoms with Gasteiger partial charge in [-0.1, -0.05) is 19.8 Å². The second-order valence-corrected chi connectivity index (χ2v) is 4.83. The van der Waals surface area contributed by atoms with Gasteiger partial charge in [0.25, 0.3) is 0 Å². The molecular formula is C13H28IN3. The average Bonchev–Trinajstić information content (AvgIpc) is 2.22. The Morgan fingerprint density at radius 2 is 1.71 bits per heavy atom. The molecule has 0 saturated heterocycles. The predicted octanol–water partition coefficient (Wildman–Crippen LogP) is 3.15. The Labute approximate surface area is 123 Å². The van der Waals surface area contributed by atoms with Gasteiger partial charge in [0.15, 0.2) is 5.96 Å². The maximum Gasteiger partial charge on any atom is 0.191 e. The highest BCUT2D eigenvalue weighted by molar-refractivity contribution is 14.0. The van der Waals surface area contributed by atoms with E-state index in [1.165, 1.54) is 32.1 Å². The molecule has 17 heavy (non-hydrogen) atoms. The number of guanidine groups is 1. The Bertz CT molecular complexity index is 217. The van der Waals surface area contributed by atoms with Crippen LogP contribution in [-0.4, -0.2) is 25.6 Å². The van der Waals surface area contributed by atoms with Crippen LogP contribution in [-0.2, 0) is 0 Å². The molecule has 3 nitrogen and oxygen atoms in total. The van der Waals surface area contributed by atoms with Crippen LogP contribution in [0.3, 0.4) is 0 Å². The number of hydrogen-bond donors (Lipinski definition) is 2. The van der Waals surface area contributed by atoms with Crippen molar-refractivity contribution < 1.29 is 0 Å². The van der Waals surface area contributed by atoms with Crippen LogP contribution >= 0.6 is 24.0 Å². The van der Waals surface area contributed by atoms with E-state index in [0.717, 1.165) is 25.6 Å². The molecule has 0 aromatic heterocycles. The molecule has 2 N–H and O–H groups in total. The molecule has 4 heteroatoms. The molecule has 102 valence electrons. The molecule has 0 bridgehead atoms. The summed E-state index contributed by atoms with van der Waals surface area (Å²) in [6, 6.07) is 0. The van der Waals surface area contributed by atoms with E-state index in [2.05, 4.69) is 31.4 Å². The van der Waals surface area contributed by atoms with Crippen LogP contribution in [0.4, 0.5) is 0 Å². The fraction of sp³-hybridized carbons (Fsp3) is 0.923. The SMILES string of the molecule is CCCC1(CN=C(NCC)NCC)CCC1.I. The van der Waals surface area contributed by atoms with Crippen LogP contribution in [0.15, 0.2) is 4.99 Å².